The Balaban J connectivity index is 1.50. The van der Waals surface area contributed by atoms with Crippen molar-refractivity contribution in [1.29, 1.82) is 0 Å². The van der Waals surface area contributed by atoms with Crippen molar-refractivity contribution in [3.8, 4) is 0 Å². The smallest absolute Gasteiger partial charge is 0.255 e. The molecule has 2 atom stereocenters. The summed E-state index contributed by atoms with van der Waals surface area (Å²) in [6.07, 6.45) is 5.73. The zero-order valence-corrected chi connectivity index (χ0v) is 19.3. The standard InChI is InChI=1S/C24H34N6O/c1-27(2)14-17-9-10-21-18-11-16(13-30(21)23(17)31)12-29(15-18)22-19-7-5-6-8-20(19)25-24(26-22)28(3)4/h9-10,16,18H,5-8,11-15H2,1-4H3/t16-,18+/m0/s1. The molecule has 4 heterocycles. The molecule has 0 N–H and O–H groups in total. The number of nitrogens with zero attached hydrogens (tertiary/aromatic N) is 6. The molecule has 0 amide bonds. The molecule has 1 aliphatic carbocycles. The van der Waals surface area contributed by atoms with E-state index in [1.54, 1.807) is 0 Å². The number of fused-ring (bicyclic) bond motifs is 5. The van der Waals surface area contributed by atoms with Crippen molar-refractivity contribution in [3.63, 3.8) is 0 Å². The van der Waals surface area contributed by atoms with Crippen LogP contribution in [0.2, 0.25) is 0 Å². The Kier molecular flexibility index (Phi) is 5.24. The van der Waals surface area contributed by atoms with Gasteiger partial charge in [0, 0.05) is 63.0 Å². The number of aryl methyl sites for hydroxylation is 1. The van der Waals surface area contributed by atoms with E-state index in [9.17, 15) is 4.79 Å². The lowest BCUT2D eigenvalue weighted by molar-refractivity contribution is 0.278. The van der Waals surface area contributed by atoms with Crippen LogP contribution < -0.4 is 15.4 Å². The van der Waals surface area contributed by atoms with E-state index in [0.717, 1.165) is 56.2 Å². The van der Waals surface area contributed by atoms with Crippen LogP contribution in [-0.4, -0.2) is 60.7 Å². The van der Waals surface area contributed by atoms with Crippen LogP contribution in [0, 0.1) is 5.92 Å². The van der Waals surface area contributed by atoms with Gasteiger partial charge in [-0.15, -0.1) is 0 Å². The minimum atomic E-state index is 0.198. The van der Waals surface area contributed by atoms with Crippen LogP contribution in [0.15, 0.2) is 16.9 Å². The van der Waals surface area contributed by atoms with Gasteiger partial charge in [-0.05, 0) is 58.2 Å². The summed E-state index contributed by atoms with van der Waals surface area (Å²) in [5.41, 5.74) is 4.88. The highest BCUT2D eigenvalue weighted by Crippen LogP contribution is 2.39. The quantitative estimate of drug-likeness (QED) is 0.753. The molecule has 2 aliphatic heterocycles. The molecule has 166 valence electrons. The van der Waals surface area contributed by atoms with E-state index in [4.69, 9.17) is 9.97 Å². The fraction of sp³-hybridized carbons (Fsp3) is 0.625. The highest BCUT2D eigenvalue weighted by Gasteiger charge is 2.37. The summed E-state index contributed by atoms with van der Waals surface area (Å²) in [5.74, 6) is 2.82. The van der Waals surface area contributed by atoms with Gasteiger partial charge in [-0.2, -0.15) is 4.98 Å². The van der Waals surface area contributed by atoms with Crippen LogP contribution in [-0.2, 0) is 25.9 Å². The lowest BCUT2D eigenvalue weighted by atomic mass is 9.82. The number of rotatable bonds is 4. The molecule has 1 fully saturated rings. The van der Waals surface area contributed by atoms with Gasteiger partial charge in [0.1, 0.15) is 5.82 Å². The van der Waals surface area contributed by atoms with Crippen LogP contribution in [0.5, 0.6) is 0 Å². The van der Waals surface area contributed by atoms with E-state index in [2.05, 4.69) is 20.4 Å². The molecule has 0 unspecified atom stereocenters. The maximum atomic E-state index is 13.1. The normalized spacial score (nSPS) is 22.3. The van der Waals surface area contributed by atoms with Crippen molar-refractivity contribution >= 4 is 11.8 Å². The molecule has 7 heteroatoms. The second-order valence-corrected chi connectivity index (χ2v) is 10.0. The Morgan fingerprint density at radius 3 is 2.61 bits per heavy atom. The van der Waals surface area contributed by atoms with E-state index in [1.165, 1.54) is 29.8 Å². The third-order valence-electron chi connectivity index (χ3n) is 7.02. The third kappa shape index (κ3) is 3.73. The van der Waals surface area contributed by atoms with Crippen LogP contribution >= 0.6 is 0 Å². The van der Waals surface area contributed by atoms with Crippen LogP contribution in [0.3, 0.4) is 0 Å². The van der Waals surface area contributed by atoms with Crippen molar-refractivity contribution in [1.82, 2.24) is 19.4 Å². The van der Waals surface area contributed by atoms with Gasteiger partial charge in [0.25, 0.3) is 5.56 Å². The molecular formula is C24H34N6O. The van der Waals surface area contributed by atoms with Crippen molar-refractivity contribution in [3.05, 3.63) is 45.0 Å². The second-order valence-electron chi connectivity index (χ2n) is 10.0. The second kappa shape index (κ2) is 7.93. The van der Waals surface area contributed by atoms with E-state index >= 15 is 0 Å². The number of pyridine rings is 1. The van der Waals surface area contributed by atoms with Crippen LogP contribution in [0.4, 0.5) is 11.8 Å². The molecule has 3 aliphatic rings. The fourth-order valence-electron chi connectivity index (χ4n) is 5.65. The number of aromatic nitrogens is 3. The SMILES string of the molecule is CN(C)Cc1ccc2n(c1=O)C[C@H]1C[C@@H]2CN(c2nc(N(C)C)nc3c2CCCC3)C1. The topological polar surface area (TPSA) is 57.5 Å². The fourth-order valence-corrected chi connectivity index (χ4v) is 5.65. The minimum Gasteiger partial charge on any atom is -0.355 e. The minimum absolute atomic E-state index is 0.198. The highest BCUT2D eigenvalue weighted by molar-refractivity contribution is 5.55. The van der Waals surface area contributed by atoms with Crippen molar-refractivity contribution in [2.75, 3.05) is 51.1 Å². The summed E-state index contributed by atoms with van der Waals surface area (Å²) in [5, 5.41) is 0. The first-order valence-corrected chi connectivity index (χ1v) is 11.6. The lowest BCUT2D eigenvalue weighted by Gasteiger charge is -2.44. The monoisotopic (exact) mass is 422 g/mol. The first-order valence-electron chi connectivity index (χ1n) is 11.6. The van der Waals surface area contributed by atoms with Gasteiger partial charge in [0.05, 0.1) is 5.69 Å². The maximum Gasteiger partial charge on any atom is 0.255 e. The molecule has 7 nitrogen and oxygen atoms in total. The molecular weight excluding hydrogens is 388 g/mol. The van der Waals surface area contributed by atoms with Gasteiger partial charge >= 0.3 is 0 Å². The van der Waals surface area contributed by atoms with Crippen LogP contribution in [0.1, 0.15) is 47.7 Å². The molecule has 2 aromatic heterocycles. The molecule has 2 aromatic rings. The van der Waals surface area contributed by atoms with Crippen LogP contribution in [0.25, 0.3) is 0 Å². The van der Waals surface area contributed by atoms with E-state index in [-0.39, 0.29) is 5.56 Å². The van der Waals surface area contributed by atoms with E-state index in [0.29, 0.717) is 18.4 Å². The number of anilines is 2. The Labute approximate surface area is 184 Å². The van der Waals surface area contributed by atoms with Gasteiger partial charge in [-0.3, -0.25) is 4.79 Å². The average molecular weight is 423 g/mol. The predicted molar refractivity (Wildman–Crippen MR) is 124 cm³/mol. The summed E-state index contributed by atoms with van der Waals surface area (Å²) in [6.45, 7) is 3.41. The summed E-state index contributed by atoms with van der Waals surface area (Å²) >= 11 is 0. The van der Waals surface area contributed by atoms with E-state index in [1.807, 2.05) is 39.2 Å². The first kappa shape index (κ1) is 20.5. The van der Waals surface area contributed by atoms with Gasteiger partial charge in [-0.25, -0.2) is 4.98 Å². The summed E-state index contributed by atoms with van der Waals surface area (Å²) < 4.78 is 2.07. The van der Waals surface area contributed by atoms with Crippen molar-refractivity contribution in [2.24, 2.45) is 5.92 Å². The molecule has 31 heavy (non-hydrogen) atoms. The van der Waals surface area contributed by atoms with Gasteiger partial charge in [0.2, 0.25) is 5.95 Å². The average Bonchev–Trinajstić information content (AvgIpc) is 2.74. The zero-order chi connectivity index (χ0) is 21.7. The van der Waals surface area contributed by atoms with Gasteiger partial charge in [-0.1, -0.05) is 6.07 Å². The molecule has 0 aromatic carbocycles. The summed E-state index contributed by atoms with van der Waals surface area (Å²) in [6, 6.07) is 4.25. The molecule has 0 radical (unpaired) electrons. The molecule has 5 rings (SSSR count). The Bertz CT molecular complexity index is 1040. The Morgan fingerprint density at radius 1 is 1.03 bits per heavy atom. The van der Waals surface area contributed by atoms with E-state index < -0.39 is 0 Å². The van der Waals surface area contributed by atoms with Crippen molar-refractivity contribution < 1.29 is 0 Å². The van der Waals surface area contributed by atoms with Gasteiger partial charge < -0.3 is 19.3 Å². The maximum absolute atomic E-state index is 13.1. The summed E-state index contributed by atoms with van der Waals surface area (Å²) in [7, 11) is 8.07. The number of hydrogen-bond donors (Lipinski definition) is 0. The first-order chi connectivity index (χ1) is 14.9. The zero-order valence-electron chi connectivity index (χ0n) is 19.3. The predicted octanol–water partition coefficient (Wildman–Crippen LogP) is 2.27. The third-order valence-corrected chi connectivity index (χ3v) is 7.02. The largest absolute Gasteiger partial charge is 0.355 e. The molecule has 1 saturated heterocycles. The van der Waals surface area contributed by atoms with Gasteiger partial charge in [0.15, 0.2) is 0 Å². The number of hydrogen-bond acceptors (Lipinski definition) is 6. The number of piperidine rings is 1. The molecule has 0 spiro atoms. The molecule has 0 saturated carbocycles. The molecule has 2 bridgehead atoms. The summed E-state index contributed by atoms with van der Waals surface area (Å²) in [4.78, 5) is 29.6. The Hall–Kier alpha value is -2.41. The van der Waals surface area contributed by atoms with Crippen molar-refractivity contribution in [2.45, 2.75) is 51.1 Å². The lowest BCUT2D eigenvalue weighted by Crippen LogP contribution is -2.48. The Morgan fingerprint density at radius 2 is 1.84 bits per heavy atom. The highest BCUT2D eigenvalue weighted by atomic mass is 16.1.